The summed E-state index contributed by atoms with van der Waals surface area (Å²) < 4.78 is 8.58. The summed E-state index contributed by atoms with van der Waals surface area (Å²) in [6.45, 7) is 16.5. The molecule has 0 spiro atoms. The lowest BCUT2D eigenvalue weighted by Crippen LogP contribution is -2.49. The standard InChI is InChI=1S/C29H39N3O3Si/c1-18-12-24(19(2)33)26-25(13-18)27(34)32(22-14-23(15-22)35-36(6,7)29(3,4)5)28(30-26)31-16-20-10-8-9-11-21(20)17-31/h8-13,19,22-23,33H,14-17H2,1-7H3/t19?,22-,23-. The van der Waals surface area contributed by atoms with Gasteiger partial charge in [-0.1, -0.05) is 51.1 Å². The van der Waals surface area contributed by atoms with Gasteiger partial charge in [0, 0.05) is 30.8 Å². The highest BCUT2D eigenvalue weighted by atomic mass is 28.4. The van der Waals surface area contributed by atoms with Gasteiger partial charge in [-0.15, -0.1) is 0 Å². The monoisotopic (exact) mass is 505 g/mol. The van der Waals surface area contributed by atoms with E-state index in [2.05, 4.69) is 63.0 Å². The zero-order valence-electron chi connectivity index (χ0n) is 22.6. The van der Waals surface area contributed by atoms with Gasteiger partial charge in [-0.05, 0) is 67.6 Å². The predicted octanol–water partition coefficient (Wildman–Crippen LogP) is 6.00. The Hall–Kier alpha value is -2.48. The van der Waals surface area contributed by atoms with Crippen LogP contribution in [0.2, 0.25) is 18.1 Å². The molecular weight excluding hydrogens is 466 g/mol. The minimum atomic E-state index is -1.88. The first-order valence-electron chi connectivity index (χ1n) is 13.1. The number of aliphatic hydroxyl groups is 1. The van der Waals surface area contributed by atoms with Crippen molar-refractivity contribution in [2.75, 3.05) is 4.90 Å². The van der Waals surface area contributed by atoms with E-state index in [0.717, 1.165) is 31.5 Å². The molecule has 6 nitrogen and oxygen atoms in total. The second kappa shape index (κ2) is 8.82. The molecule has 1 aliphatic heterocycles. The lowest BCUT2D eigenvalue weighted by Gasteiger charge is -2.45. The van der Waals surface area contributed by atoms with Crippen LogP contribution in [0.4, 0.5) is 5.95 Å². The van der Waals surface area contributed by atoms with Gasteiger partial charge >= 0.3 is 0 Å². The zero-order valence-corrected chi connectivity index (χ0v) is 23.6. The van der Waals surface area contributed by atoms with Gasteiger partial charge in [0.1, 0.15) is 0 Å². The van der Waals surface area contributed by atoms with Crippen LogP contribution >= 0.6 is 0 Å². The summed E-state index contributed by atoms with van der Waals surface area (Å²) in [5.41, 5.74) is 4.79. The van der Waals surface area contributed by atoms with E-state index in [-0.39, 0.29) is 22.7 Å². The van der Waals surface area contributed by atoms with Gasteiger partial charge < -0.3 is 14.4 Å². The molecule has 0 radical (unpaired) electrons. The molecule has 1 aliphatic carbocycles. The predicted molar refractivity (Wildman–Crippen MR) is 148 cm³/mol. The van der Waals surface area contributed by atoms with Crippen LogP contribution in [0.25, 0.3) is 10.9 Å². The second-order valence-electron chi connectivity index (χ2n) is 12.3. The first-order valence-corrected chi connectivity index (χ1v) is 16.0. The largest absolute Gasteiger partial charge is 0.414 e. The maximum atomic E-state index is 14.1. The summed E-state index contributed by atoms with van der Waals surface area (Å²) in [5.74, 6) is 0.699. The number of nitrogens with zero attached hydrogens (tertiary/aromatic N) is 3. The highest BCUT2D eigenvalue weighted by Crippen LogP contribution is 2.44. The molecule has 1 N–H and O–H groups in total. The molecule has 0 saturated heterocycles. The molecule has 1 atom stereocenters. The average Bonchev–Trinajstić information content (AvgIpc) is 3.19. The van der Waals surface area contributed by atoms with Crippen molar-refractivity contribution in [3.8, 4) is 0 Å². The van der Waals surface area contributed by atoms with E-state index >= 15 is 0 Å². The Morgan fingerprint density at radius 3 is 2.28 bits per heavy atom. The van der Waals surface area contributed by atoms with Crippen molar-refractivity contribution in [3.63, 3.8) is 0 Å². The Balaban J connectivity index is 1.57. The normalized spacial score (nSPS) is 20.9. The Kier molecular flexibility index (Phi) is 6.17. The highest BCUT2D eigenvalue weighted by molar-refractivity contribution is 6.74. The number of fused-ring (bicyclic) bond motifs is 2. The molecule has 36 heavy (non-hydrogen) atoms. The molecule has 7 heteroatoms. The summed E-state index contributed by atoms with van der Waals surface area (Å²) >= 11 is 0. The average molecular weight is 506 g/mol. The Morgan fingerprint density at radius 2 is 1.72 bits per heavy atom. The fraction of sp³-hybridized carbons (Fsp3) is 0.517. The smallest absolute Gasteiger partial charge is 0.263 e. The number of aliphatic hydroxyl groups excluding tert-OH is 1. The van der Waals surface area contributed by atoms with Crippen LogP contribution < -0.4 is 10.5 Å². The quantitative estimate of drug-likeness (QED) is 0.431. The van der Waals surface area contributed by atoms with E-state index in [1.54, 1.807) is 6.92 Å². The maximum Gasteiger partial charge on any atom is 0.263 e. The molecule has 1 fully saturated rings. The molecule has 5 rings (SSSR count). The SMILES string of the molecule is Cc1cc(C(C)O)c2nc(N3Cc4ccccc4C3)n([C@H]3C[C@H](O[Si](C)(C)C(C)(C)C)C3)c(=O)c2c1. The minimum absolute atomic E-state index is 0.0210. The molecule has 2 heterocycles. The maximum absolute atomic E-state index is 14.1. The third-order valence-corrected chi connectivity index (χ3v) is 13.0. The van der Waals surface area contributed by atoms with Crippen molar-refractivity contribution < 1.29 is 9.53 Å². The number of benzene rings is 2. The van der Waals surface area contributed by atoms with Crippen LogP contribution in [0.1, 0.15) is 74.9 Å². The summed E-state index contributed by atoms with van der Waals surface area (Å²) in [5, 5.41) is 11.2. The van der Waals surface area contributed by atoms with Gasteiger partial charge in [-0.3, -0.25) is 9.36 Å². The van der Waals surface area contributed by atoms with Gasteiger partial charge in [-0.2, -0.15) is 0 Å². The van der Waals surface area contributed by atoms with Crippen molar-refractivity contribution in [2.45, 2.75) is 96.9 Å². The van der Waals surface area contributed by atoms with Gasteiger partial charge in [0.25, 0.3) is 5.56 Å². The van der Waals surface area contributed by atoms with Crippen LogP contribution in [-0.2, 0) is 17.5 Å². The number of anilines is 1. The topological polar surface area (TPSA) is 67.6 Å². The fourth-order valence-corrected chi connectivity index (χ4v) is 6.63. The summed E-state index contributed by atoms with van der Waals surface area (Å²) in [6.07, 6.45) is 1.11. The lowest BCUT2D eigenvalue weighted by atomic mass is 9.89. The number of aromatic nitrogens is 2. The third-order valence-electron chi connectivity index (χ3n) is 8.44. The van der Waals surface area contributed by atoms with Crippen molar-refractivity contribution in [1.82, 2.24) is 9.55 Å². The first-order chi connectivity index (χ1) is 16.9. The Morgan fingerprint density at radius 1 is 1.11 bits per heavy atom. The molecule has 1 aromatic heterocycles. The van der Waals surface area contributed by atoms with Crippen molar-refractivity contribution in [2.24, 2.45) is 0 Å². The number of aryl methyl sites for hydroxylation is 1. The van der Waals surface area contributed by atoms with Crippen LogP contribution in [0.3, 0.4) is 0 Å². The molecular formula is C29H39N3O3Si. The highest BCUT2D eigenvalue weighted by Gasteiger charge is 2.44. The second-order valence-corrected chi connectivity index (χ2v) is 17.0. The molecule has 3 aromatic rings. The van der Waals surface area contributed by atoms with E-state index in [4.69, 9.17) is 9.41 Å². The van der Waals surface area contributed by atoms with E-state index in [1.807, 2.05) is 23.6 Å². The first kappa shape index (κ1) is 25.2. The number of hydrogen-bond acceptors (Lipinski definition) is 5. The fourth-order valence-electron chi connectivity index (χ4n) is 5.25. The number of rotatable bonds is 5. The lowest BCUT2D eigenvalue weighted by molar-refractivity contribution is 0.0568. The summed E-state index contributed by atoms with van der Waals surface area (Å²) in [7, 11) is -1.88. The van der Waals surface area contributed by atoms with Crippen LogP contribution in [0, 0.1) is 6.92 Å². The van der Waals surface area contributed by atoms with Gasteiger partial charge in [0.15, 0.2) is 8.32 Å². The van der Waals surface area contributed by atoms with E-state index in [9.17, 15) is 9.90 Å². The van der Waals surface area contributed by atoms with Crippen molar-refractivity contribution in [3.05, 3.63) is 69.0 Å². The molecule has 1 saturated carbocycles. The molecule has 2 aliphatic rings. The molecule has 192 valence electrons. The molecule has 0 amide bonds. The summed E-state index contributed by atoms with van der Waals surface area (Å²) in [6, 6.07) is 12.3. The van der Waals surface area contributed by atoms with Crippen molar-refractivity contribution in [1.29, 1.82) is 0 Å². The summed E-state index contributed by atoms with van der Waals surface area (Å²) in [4.78, 5) is 21.4. The van der Waals surface area contributed by atoms with Crippen LogP contribution in [-0.4, -0.2) is 29.1 Å². The Bertz CT molecular complexity index is 1340. The molecule has 1 unspecified atom stereocenters. The van der Waals surface area contributed by atoms with E-state index in [1.165, 1.54) is 11.1 Å². The van der Waals surface area contributed by atoms with Gasteiger partial charge in [0.05, 0.1) is 17.0 Å². The molecule has 0 bridgehead atoms. The van der Waals surface area contributed by atoms with E-state index in [0.29, 0.717) is 22.4 Å². The molecule has 2 aromatic carbocycles. The number of hydrogen-bond donors (Lipinski definition) is 1. The third kappa shape index (κ3) is 4.31. The zero-order chi connectivity index (χ0) is 26.0. The minimum Gasteiger partial charge on any atom is -0.414 e. The van der Waals surface area contributed by atoms with E-state index < -0.39 is 14.4 Å². The van der Waals surface area contributed by atoms with Crippen LogP contribution in [0.15, 0.2) is 41.2 Å². The van der Waals surface area contributed by atoms with Crippen molar-refractivity contribution >= 4 is 25.2 Å². The van der Waals surface area contributed by atoms with Gasteiger partial charge in [-0.25, -0.2) is 4.98 Å². The Labute approximate surface area is 215 Å². The van der Waals surface area contributed by atoms with Gasteiger partial charge in [0.2, 0.25) is 5.95 Å². The van der Waals surface area contributed by atoms with Crippen LogP contribution in [0.5, 0.6) is 0 Å².